The van der Waals surface area contributed by atoms with Gasteiger partial charge in [0.25, 0.3) is 0 Å². The third kappa shape index (κ3) is 3.00. The molecule has 1 unspecified atom stereocenters. The molecule has 0 amide bonds. The Bertz CT molecular complexity index is 624. The van der Waals surface area contributed by atoms with Gasteiger partial charge in [-0.2, -0.15) is 4.72 Å². The summed E-state index contributed by atoms with van der Waals surface area (Å²) in [6, 6.07) is 3.55. The van der Waals surface area contributed by atoms with E-state index < -0.39 is 22.0 Å². The van der Waals surface area contributed by atoms with E-state index in [4.69, 9.17) is 9.84 Å². The van der Waals surface area contributed by atoms with E-state index in [2.05, 4.69) is 4.72 Å². The molecule has 20 heavy (non-hydrogen) atoms. The van der Waals surface area contributed by atoms with Crippen molar-refractivity contribution in [3.8, 4) is 0 Å². The number of ether oxygens (including phenoxy) is 1. The summed E-state index contributed by atoms with van der Waals surface area (Å²) < 4.78 is 31.9. The van der Waals surface area contributed by atoms with Gasteiger partial charge in [0.05, 0.1) is 18.1 Å². The molecule has 1 aliphatic heterocycles. The van der Waals surface area contributed by atoms with Crippen molar-refractivity contribution in [2.45, 2.75) is 38.0 Å². The van der Waals surface area contributed by atoms with Gasteiger partial charge in [-0.25, -0.2) is 8.42 Å². The van der Waals surface area contributed by atoms with Crippen LogP contribution in [-0.4, -0.2) is 25.5 Å². The van der Waals surface area contributed by atoms with Crippen LogP contribution in [0.5, 0.6) is 0 Å². The lowest BCUT2D eigenvalue weighted by molar-refractivity contribution is -0.140. The number of hydrogen-bond acceptors (Lipinski definition) is 4. The minimum absolute atomic E-state index is 0.0636. The Hall–Kier alpha value is -1.44. The Balaban J connectivity index is 2.28. The van der Waals surface area contributed by atoms with E-state index in [1.54, 1.807) is 19.9 Å². The van der Waals surface area contributed by atoms with E-state index in [0.717, 1.165) is 11.1 Å². The number of carboxylic acids is 1. The molecule has 0 radical (unpaired) electrons. The summed E-state index contributed by atoms with van der Waals surface area (Å²) in [6.07, 6.45) is 0. The van der Waals surface area contributed by atoms with Gasteiger partial charge in [-0.15, -0.1) is 0 Å². The van der Waals surface area contributed by atoms with Crippen LogP contribution in [0.3, 0.4) is 0 Å². The number of carboxylic acid groups (broad SMARTS) is 1. The number of benzene rings is 1. The maximum atomic E-state index is 12.2. The van der Waals surface area contributed by atoms with Crippen LogP contribution in [0.2, 0.25) is 0 Å². The Kier molecular flexibility index (Phi) is 4.12. The number of hydrogen-bond donors (Lipinski definition) is 2. The monoisotopic (exact) mass is 299 g/mol. The Morgan fingerprint density at radius 1 is 1.30 bits per heavy atom. The van der Waals surface area contributed by atoms with Gasteiger partial charge in [-0.3, -0.25) is 4.79 Å². The maximum Gasteiger partial charge on any atom is 0.322 e. The van der Waals surface area contributed by atoms with Gasteiger partial charge in [0, 0.05) is 0 Å². The van der Waals surface area contributed by atoms with Crippen LogP contribution in [0.1, 0.15) is 25.0 Å². The second kappa shape index (κ2) is 5.51. The summed E-state index contributed by atoms with van der Waals surface area (Å²) in [5.41, 5.74) is 1.78. The van der Waals surface area contributed by atoms with Gasteiger partial charge in [-0.1, -0.05) is 19.9 Å². The van der Waals surface area contributed by atoms with Crippen molar-refractivity contribution in [2.75, 3.05) is 0 Å². The van der Waals surface area contributed by atoms with Crippen LogP contribution in [0.15, 0.2) is 23.1 Å². The van der Waals surface area contributed by atoms with Crippen molar-refractivity contribution in [1.82, 2.24) is 4.72 Å². The lowest BCUT2D eigenvalue weighted by Crippen LogP contribution is -2.44. The van der Waals surface area contributed by atoms with Gasteiger partial charge in [-0.05, 0) is 29.2 Å². The smallest absolute Gasteiger partial charge is 0.322 e. The fraction of sp³-hybridized carbons (Fsp3) is 0.462. The first-order valence-corrected chi connectivity index (χ1v) is 7.74. The van der Waals surface area contributed by atoms with Gasteiger partial charge < -0.3 is 9.84 Å². The van der Waals surface area contributed by atoms with Crippen LogP contribution in [0.4, 0.5) is 0 Å². The highest BCUT2D eigenvalue weighted by Gasteiger charge is 2.28. The molecule has 0 spiro atoms. The zero-order valence-corrected chi connectivity index (χ0v) is 12.1. The first kappa shape index (κ1) is 15.0. The lowest BCUT2D eigenvalue weighted by Gasteiger charge is -2.18. The zero-order chi connectivity index (χ0) is 14.9. The van der Waals surface area contributed by atoms with Crippen LogP contribution in [-0.2, 0) is 32.8 Å². The molecule has 0 saturated carbocycles. The minimum atomic E-state index is -3.86. The molecule has 1 aromatic carbocycles. The second-order valence-corrected chi connectivity index (χ2v) is 6.82. The summed E-state index contributed by atoms with van der Waals surface area (Å²) in [4.78, 5) is 11.2. The normalized spacial score (nSPS) is 16.1. The van der Waals surface area contributed by atoms with Crippen molar-refractivity contribution >= 4 is 16.0 Å². The fourth-order valence-corrected chi connectivity index (χ4v) is 3.41. The number of nitrogens with one attached hydrogen (secondary N) is 1. The largest absolute Gasteiger partial charge is 0.480 e. The molecule has 6 nitrogen and oxygen atoms in total. The molecule has 1 aliphatic rings. The van der Waals surface area contributed by atoms with Crippen molar-refractivity contribution in [3.05, 3.63) is 29.3 Å². The van der Waals surface area contributed by atoms with Crippen molar-refractivity contribution < 1.29 is 23.1 Å². The average molecular weight is 299 g/mol. The first-order valence-electron chi connectivity index (χ1n) is 6.26. The molecule has 2 N–H and O–H groups in total. The van der Waals surface area contributed by atoms with E-state index in [9.17, 15) is 13.2 Å². The molecule has 110 valence electrons. The Morgan fingerprint density at radius 3 is 2.55 bits per heavy atom. The summed E-state index contributed by atoms with van der Waals surface area (Å²) >= 11 is 0. The minimum Gasteiger partial charge on any atom is -0.480 e. The molecule has 2 rings (SSSR count). The number of sulfonamides is 1. The van der Waals surface area contributed by atoms with Crippen LogP contribution in [0, 0.1) is 5.92 Å². The topological polar surface area (TPSA) is 92.7 Å². The van der Waals surface area contributed by atoms with E-state index in [1.165, 1.54) is 12.1 Å². The van der Waals surface area contributed by atoms with Crippen LogP contribution >= 0.6 is 0 Å². The molecule has 0 fully saturated rings. The summed E-state index contributed by atoms with van der Waals surface area (Å²) in [7, 11) is -3.86. The van der Waals surface area contributed by atoms with E-state index in [1.807, 2.05) is 0 Å². The summed E-state index contributed by atoms with van der Waals surface area (Å²) in [5, 5.41) is 9.06. The highest BCUT2D eigenvalue weighted by molar-refractivity contribution is 7.89. The predicted octanol–water partition coefficient (Wildman–Crippen LogP) is 1.10. The highest BCUT2D eigenvalue weighted by atomic mass is 32.2. The molecule has 0 saturated heterocycles. The second-order valence-electron chi connectivity index (χ2n) is 5.10. The molecular formula is C13H17NO5S. The van der Waals surface area contributed by atoms with Gasteiger partial charge in [0.15, 0.2) is 0 Å². The quantitative estimate of drug-likeness (QED) is 0.849. The van der Waals surface area contributed by atoms with Crippen molar-refractivity contribution in [1.29, 1.82) is 0 Å². The standard InChI is InChI=1S/C13H17NO5S/c1-8(2)12(13(15)16)14-20(17,18)11-4-3-9-6-19-7-10(9)5-11/h3-5,8,12,14H,6-7H2,1-2H3,(H,15,16). The Morgan fingerprint density at radius 2 is 1.95 bits per heavy atom. The molecule has 0 bridgehead atoms. The maximum absolute atomic E-state index is 12.2. The first-order chi connectivity index (χ1) is 9.31. The van der Waals surface area contributed by atoms with Crippen LogP contribution in [0.25, 0.3) is 0 Å². The Labute approximate surface area is 117 Å². The summed E-state index contributed by atoms with van der Waals surface area (Å²) in [6.45, 7) is 4.16. The molecule has 1 atom stereocenters. The average Bonchev–Trinajstić information content (AvgIpc) is 2.82. The SMILES string of the molecule is CC(C)C(NS(=O)(=O)c1ccc2c(c1)COC2)C(=O)O. The zero-order valence-electron chi connectivity index (χ0n) is 11.3. The third-order valence-electron chi connectivity index (χ3n) is 3.22. The molecule has 1 heterocycles. The molecule has 0 aliphatic carbocycles. The van der Waals surface area contributed by atoms with Crippen molar-refractivity contribution in [3.63, 3.8) is 0 Å². The lowest BCUT2D eigenvalue weighted by atomic mass is 10.1. The molecule has 7 heteroatoms. The number of fused-ring (bicyclic) bond motifs is 1. The number of carbonyl (C=O) groups is 1. The fourth-order valence-electron chi connectivity index (χ4n) is 2.02. The summed E-state index contributed by atoms with van der Waals surface area (Å²) in [5.74, 6) is -1.53. The van der Waals surface area contributed by atoms with Gasteiger partial charge in [0.1, 0.15) is 6.04 Å². The van der Waals surface area contributed by atoms with Gasteiger partial charge in [0.2, 0.25) is 10.0 Å². The van der Waals surface area contributed by atoms with E-state index in [-0.39, 0.29) is 10.8 Å². The molecule has 0 aromatic heterocycles. The third-order valence-corrected chi connectivity index (χ3v) is 4.66. The van der Waals surface area contributed by atoms with E-state index in [0.29, 0.717) is 13.2 Å². The number of aliphatic carboxylic acids is 1. The number of rotatable bonds is 5. The van der Waals surface area contributed by atoms with Crippen molar-refractivity contribution in [2.24, 2.45) is 5.92 Å². The van der Waals surface area contributed by atoms with Gasteiger partial charge >= 0.3 is 5.97 Å². The van der Waals surface area contributed by atoms with E-state index >= 15 is 0 Å². The van der Waals surface area contributed by atoms with Crippen LogP contribution < -0.4 is 4.72 Å². The molecular weight excluding hydrogens is 282 g/mol. The molecule has 1 aromatic rings. The highest BCUT2D eigenvalue weighted by Crippen LogP contribution is 2.23. The predicted molar refractivity (Wildman–Crippen MR) is 71.5 cm³/mol.